The fraction of sp³-hybridized carbons (Fsp3) is 0.462. The largest absolute Gasteiger partial charge is 0.373 e. The van der Waals surface area contributed by atoms with Crippen molar-refractivity contribution in [2.45, 2.75) is 18.9 Å². The first-order valence-electron chi connectivity index (χ1n) is 5.65. The van der Waals surface area contributed by atoms with E-state index in [1.54, 1.807) is 0 Å². The van der Waals surface area contributed by atoms with Gasteiger partial charge >= 0.3 is 0 Å². The molecule has 1 aromatic carbocycles. The second-order valence-electron chi connectivity index (χ2n) is 3.99. The van der Waals surface area contributed by atoms with Crippen LogP contribution in [0.2, 0.25) is 0 Å². The van der Waals surface area contributed by atoms with Crippen molar-refractivity contribution in [1.29, 1.82) is 5.26 Å². The molecule has 84 valence electrons. The molecule has 1 aliphatic rings. The molecule has 1 heterocycles. The number of nitriles is 1. The molecular formula is C13H16N2O. The van der Waals surface area contributed by atoms with Crippen LogP contribution in [-0.2, 0) is 11.2 Å². The summed E-state index contributed by atoms with van der Waals surface area (Å²) in [7, 11) is 1.93. The molecule has 1 atom stereocenters. The molecule has 0 fully saturated rings. The Kier molecular flexibility index (Phi) is 3.55. The van der Waals surface area contributed by atoms with E-state index in [1.165, 1.54) is 5.56 Å². The molecule has 0 saturated carbocycles. The minimum atomic E-state index is 0.0760. The van der Waals surface area contributed by atoms with Crippen molar-refractivity contribution in [3.05, 3.63) is 34.9 Å². The van der Waals surface area contributed by atoms with Gasteiger partial charge in [0.2, 0.25) is 0 Å². The quantitative estimate of drug-likeness (QED) is 0.837. The monoisotopic (exact) mass is 216 g/mol. The Bertz CT molecular complexity index is 409. The third-order valence-electron chi connectivity index (χ3n) is 2.99. The van der Waals surface area contributed by atoms with Gasteiger partial charge in [0.05, 0.1) is 24.3 Å². The van der Waals surface area contributed by atoms with Crippen LogP contribution in [0.5, 0.6) is 0 Å². The van der Waals surface area contributed by atoms with Crippen LogP contribution in [0.25, 0.3) is 0 Å². The summed E-state index contributed by atoms with van der Waals surface area (Å²) in [6, 6.07) is 8.19. The van der Waals surface area contributed by atoms with Crippen molar-refractivity contribution in [3.63, 3.8) is 0 Å². The van der Waals surface area contributed by atoms with E-state index in [2.05, 4.69) is 17.5 Å². The number of hydrogen-bond donors (Lipinski definition) is 1. The van der Waals surface area contributed by atoms with Crippen molar-refractivity contribution in [2.75, 3.05) is 20.2 Å². The highest BCUT2D eigenvalue weighted by Crippen LogP contribution is 2.31. The van der Waals surface area contributed by atoms with Crippen LogP contribution in [0.1, 0.15) is 29.2 Å². The topological polar surface area (TPSA) is 45.0 Å². The van der Waals surface area contributed by atoms with E-state index in [0.29, 0.717) is 0 Å². The van der Waals surface area contributed by atoms with Crippen molar-refractivity contribution in [3.8, 4) is 6.07 Å². The summed E-state index contributed by atoms with van der Waals surface area (Å²) in [5, 5.41) is 12.2. The Hall–Kier alpha value is -1.37. The van der Waals surface area contributed by atoms with Gasteiger partial charge in [-0.15, -0.1) is 0 Å². The van der Waals surface area contributed by atoms with E-state index in [1.807, 2.05) is 19.2 Å². The maximum Gasteiger partial charge on any atom is 0.0995 e. The second-order valence-corrected chi connectivity index (χ2v) is 3.99. The molecule has 0 radical (unpaired) electrons. The summed E-state index contributed by atoms with van der Waals surface area (Å²) in [5.74, 6) is 0. The first-order valence-corrected chi connectivity index (χ1v) is 5.65. The van der Waals surface area contributed by atoms with Gasteiger partial charge in [0.15, 0.2) is 0 Å². The molecule has 0 aliphatic carbocycles. The number of fused-ring (bicyclic) bond motifs is 1. The number of nitrogens with one attached hydrogen (secondary N) is 1. The number of hydrogen-bond acceptors (Lipinski definition) is 3. The number of nitrogens with zero attached hydrogens (tertiary/aromatic N) is 1. The maximum atomic E-state index is 9.12. The predicted molar refractivity (Wildman–Crippen MR) is 62.1 cm³/mol. The lowest BCUT2D eigenvalue weighted by molar-refractivity contribution is 0.0369. The minimum Gasteiger partial charge on any atom is -0.373 e. The normalized spacial score (nSPS) is 18.9. The predicted octanol–water partition coefficient (Wildman–Crippen LogP) is 1.78. The van der Waals surface area contributed by atoms with E-state index in [-0.39, 0.29) is 6.10 Å². The van der Waals surface area contributed by atoms with Gasteiger partial charge in [-0.25, -0.2) is 0 Å². The second kappa shape index (κ2) is 5.11. The van der Waals surface area contributed by atoms with E-state index >= 15 is 0 Å². The fourth-order valence-corrected chi connectivity index (χ4v) is 2.21. The highest BCUT2D eigenvalue weighted by molar-refractivity contribution is 5.45. The average molecular weight is 216 g/mol. The van der Waals surface area contributed by atoms with Crippen LogP contribution in [0.15, 0.2) is 18.2 Å². The molecule has 0 aromatic heterocycles. The van der Waals surface area contributed by atoms with Crippen molar-refractivity contribution < 1.29 is 4.74 Å². The Balaban J connectivity index is 2.32. The van der Waals surface area contributed by atoms with Crippen LogP contribution in [0.4, 0.5) is 0 Å². The van der Waals surface area contributed by atoms with E-state index in [9.17, 15) is 0 Å². The zero-order valence-corrected chi connectivity index (χ0v) is 9.49. The number of ether oxygens (including phenoxy) is 1. The molecule has 3 heteroatoms. The highest BCUT2D eigenvalue weighted by atomic mass is 16.5. The van der Waals surface area contributed by atoms with Crippen LogP contribution in [-0.4, -0.2) is 20.2 Å². The molecule has 0 unspecified atom stereocenters. The smallest absolute Gasteiger partial charge is 0.0995 e. The number of rotatable bonds is 3. The van der Waals surface area contributed by atoms with E-state index in [4.69, 9.17) is 10.00 Å². The van der Waals surface area contributed by atoms with Gasteiger partial charge in [0, 0.05) is 5.56 Å². The lowest BCUT2D eigenvalue weighted by atomic mass is 9.91. The first kappa shape index (κ1) is 11.1. The lowest BCUT2D eigenvalue weighted by Crippen LogP contribution is -2.21. The van der Waals surface area contributed by atoms with E-state index in [0.717, 1.165) is 37.1 Å². The SMILES string of the molecule is CNCC[C@@H]1OCCc2cccc(C#N)c21. The summed E-state index contributed by atoms with van der Waals surface area (Å²) in [4.78, 5) is 0. The molecule has 2 rings (SSSR count). The minimum absolute atomic E-state index is 0.0760. The summed E-state index contributed by atoms with van der Waals surface area (Å²) in [5.41, 5.74) is 3.14. The molecule has 1 aromatic rings. The van der Waals surface area contributed by atoms with Crippen molar-refractivity contribution in [2.24, 2.45) is 0 Å². The molecule has 0 amide bonds. The Morgan fingerprint density at radius 3 is 3.19 bits per heavy atom. The zero-order valence-electron chi connectivity index (χ0n) is 9.49. The maximum absolute atomic E-state index is 9.12. The molecule has 0 spiro atoms. The molecule has 0 saturated heterocycles. The third-order valence-corrected chi connectivity index (χ3v) is 2.99. The summed E-state index contributed by atoms with van der Waals surface area (Å²) >= 11 is 0. The standard InChI is InChI=1S/C13H16N2O/c1-15-7-5-12-13-10(6-8-16-12)3-2-4-11(13)9-14/h2-4,12,15H,5-8H2,1H3/t12-/m0/s1. The highest BCUT2D eigenvalue weighted by Gasteiger charge is 2.23. The summed E-state index contributed by atoms with van der Waals surface area (Å²) in [6.07, 6.45) is 1.91. The third kappa shape index (κ3) is 2.08. The molecule has 1 N–H and O–H groups in total. The van der Waals surface area contributed by atoms with Gasteiger partial charge in [-0.05, 0) is 38.1 Å². The number of benzene rings is 1. The molecule has 16 heavy (non-hydrogen) atoms. The van der Waals surface area contributed by atoms with Gasteiger partial charge in [-0.3, -0.25) is 0 Å². The Morgan fingerprint density at radius 1 is 1.56 bits per heavy atom. The van der Waals surface area contributed by atoms with Gasteiger partial charge in [-0.2, -0.15) is 5.26 Å². The molecule has 1 aliphatic heterocycles. The van der Waals surface area contributed by atoms with Gasteiger partial charge < -0.3 is 10.1 Å². The summed E-state index contributed by atoms with van der Waals surface area (Å²) in [6.45, 7) is 1.67. The lowest BCUT2D eigenvalue weighted by Gasteiger charge is -2.27. The average Bonchev–Trinajstić information content (AvgIpc) is 2.35. The molecular weight excluding hydrogens is 200 g/mol. The Morgan fingerprint density at radius 2 is 2.44 bits per heavy atom. The molecule has 0 bridgehead atoms. The Labute approximate surface area is 96.0 Å². The van der Waals surface area contributed by atoms with Gasteiger partial charge in [0.25, 0.3) is 0 Å². The first-order chi connectivity index (χ1) is 7.86. The summed E-state index contributed by atoms with van der Waals surface area (Å²) < 4.78 is 5.76. The molecule has 3 nitrogen and oxygen atoms in total. The van der Waals surface area contributed by atoms with Crippen LogP contribution < -0.4 is 5.32 Å². The van der Waals surface area contributed by atoms with Crippen molar-refractivity contribution >= 4 is 0 Å². The van der Waals surface area contributed by atoms with Gasteiger partial charge in [0.1, 0.15) is 0 Å². The van der Waals surface area contributed by atoms with Gasteiger partial charge in [-0.1, -0.05) is 12.1 Å². The van der Waals surface area contributed by atoms with Crippen LogP contribution in [0, 0.1) is 11.3 Å². The van der Waals surface area contributed by atoms with E-state index < -0.39 is 0 Å². The van der Waals surface area contributed by atoms with Crippen LogP contribution in [0.3, 0.4) is 0 Å². The zero-order chi connectivity index (χ0) is 11.4. The fourth-order valence-electron chi connectivity index (χ4n) is 2.21. The van der Waals surface area contributed by atoms with Crippen molar-refractivity contribution in [1.82, 2.24) is 5.32 Å². The van der Waals surface area contributed by atoms with Crippen LogP contribution >= 0.6 is 0 Å².